The predicted octanol–water partition coefficient (Wildman–Crippen LogP) is 5.04. The molecule has 0 bridgehead atoms. The summed E-state index contributed by atoms with van der Waals surface area (Å²) in [5.41, 5.74) is 1.88. The zero-order valence-electron chi connectivity index (χ0n) is 17.1. The van der Waals surface area contributed by atoms with Crippen LogP contribution in [-0.2, 0) is 12.2 Å². The summed E-state index contributed by atoms with van der Waals surface area (Å²) in [5.74, 6) is 0.363. The lowest BCUT2D eigenvalue weighted by molar-refractivity contribution is 0.102. The number of aromatic nitrogens is 3. The quantitative estimate of drug-likeness (QED) is 0.381. The topological polar surface area (TPSA) is 76.4 Å². The molecular weight excluding hydrogens is 428 g/mol. The molecule has 158 valence electrons. The molecule has 0 unspecified atom stereocenters. The molecule has 0 radical (unpaired) electrons. The highest BCUT2D eigenvalue weighted by Gasteiger charge is 2.12. The first-order chi connectivity index (χ1) is 15.1. The van der Waals surface area contributed by atoms with Gasteiger partial charge in [0.2, 0.25) is 4.96 Å². The van der Waals surface area contributed by atoms with Crippen molar-refractivity contribution >= 4 is 39.7 Å². The number of rotatable bonds is 8. The monoisotopic (exact) mass is 450 g/mol. The van der Waals surface area contributed by atoms with Gasteiger partial charge in [-0.3, -0.25) is 9.59 Å². The molecule has 0 aliphatic carbocycles. The molecule has 1 N–H and O–H groups in total. The summed E-state index contributed by atoms with van der Waals surface area (Å²) in [4.78, 5) is 31.2. The van der Waals surface area contributed by atoms with Gasteiger partial charge in [0.05, 0.1) is 11.4 Å². The van der Waals surface area contributed by atoms with E-state index in [1.165, 1.54) is 33.7 Å². The van der Waals surface area contributed by atoms with Crippen molar-refractivity contribution in [3.8, 4) is 0 Å². The zero-order valence-corrected chi connectivity index (χ0v) is 18.7. The minimum absolute atomic E-state index is 0.157. The summed E-state index contributed by atoms with van der Waals surface area (Å²) in [5, 5.41) is 8.30. The molecule has 8 heteroatoms. The van der Waals surface area contributed by atoms with E-state index in [1.54, 1.807) is 12.1 Å². The van der Waals surface area contributed by atoms with Gasteiger partial charge < -0.3 is 5.32 Å². The number of amides is 1. The Hall–Kier alpha value is -2.97. The first kappa shape index (κ1) is 21.3. The minimum atomic E-state index is -0.162. The van der Waals surface area contributed by atoms with Gasteiger partial charge in [-0.1, -0.05) is 55.0 Å². The second-order valence-electron chi connectivity index (χ2n) is 6.98. The molecule has 31 heavy (non-hydrogen) atoms. The number of nitrogens with one attached hydrogen (secondary N) is 1. The number of para-hydroxylation sites is 1. The summed E-state index contributed by atoms with van der Waals surface area (Å²) in [6.45, 7) is 2.13. The Balaban J connectivity index is 1.50. The van der Waals surface area contributed by atoms with E-state index in [1.807, 2.05) is 42.5 Å². The third-order valence-corrected chi connectivity index (χ3v) is 6.71. The summed E-state index contributed by atoms with van der Waals surface area (Å²) in [6, 6.07) is 18.3. The highest BCUT2D eigenvalue weighted by Crippen LogP contribution is 2.30. The molecule has 2 aromatic carbocycles. The molecule has 0 saturated heterocycles. The van der Waals surface area contributed by atoms with Crippen LogP contribution in [0, 0.1) is 0 Å². The number of nitrogens with zero attached hydrogens (tertiary/aromatic N) is 3. The summed E-state index contributed by atoms with van der Waals surface area (Å²) < 4.78 is 1.39. The maximum absolute atomic E-state index is 12.5. The fourth-order valence-corrected chi connectivity index (χ4v) is 4.89. The van der Waals surface area contributed by atoms with E-state index >= 15 is 0 Å². The molecule has 4 rings (SSSR count). The number of fused-ring (bicyclic) bond motifs is 1. The molecule has 0 saturated carbocycles. The number of unbranched alkanes of at least 4 members (excludes halogenated alkanes) is 1. The second kappa shape index (κ2) is 9.89. The zero-order chi connectivity index (χ0) is 21.6. The first-order valence-electron chi connectivity index (χ1n) is 10.1. The Morgan fingerprint density at radius 3 is 2.71 bits per heavy atom. The van der Waals surface area contributed by atoms with Crippen molar-refractivity contribution in [1.82, 2.24) is 14.6 Å². The number of hydrogen-bond donors (Lipinski definition) is 1. The van der Waals surface area contributed by atoms with Gasteiger partial charge in [0, 0.05) is 28.7 Å². The lowest BCUT2D eigenvalue weighted by Gasteiger charge is -2.10. The van der Waals surface area contributed by atoms with Gasteiger partial charge >= 0.3 is 0 Å². The third-order valence-electron chi connectivity index (χ3n) is 4.63. The van der Waals surface area contributed by atoms with Crippen LogP contribution >= 0.6 is 23.1 Å². The van der Waals surface area contributed by atoms with Crippen molar-refractivity contribution in [3.63, 3.8) is 0 Å². The Morgan fingerprint density at radius 1 is 1.13 bits per heavy atom. The van der Waals surface area contributed by atoms with Crippen molar-refractivity contribution < 1.29 is 4.79 Å². The normalized spacial score (nSPS) is 11.0. The number of anilines is 1. The summed E-state index contributed by atoms with van der Waals surface area (Å²) in [6.07, 6.45) is 2.99. The molecule has 2 aromatic heterocycles. The number of thioether (sulfide) groups is 1. The standard InChI is InChI=1S/C23H22N4O2S2/c1-2-3-13-20-26-27-21(28)14-17(24-23(27)31-20)15-30-19-12-8-7-11-18(19)25-22(29)16-9-5-4-6-10-16/h4-12,14H,2-3,13,15H2,1H3,(H,25,29). The van der Waals surface area contributed by atoms with E-state index in [-0.39, 0.29) is 11.5 Å². The Labute approximate surface area is 188 Å². The fraction of sp³-hybridized carbons (Fsp3) is 0.217. The van der Waals surface area contributed by atoms with Crippen LogP contribution < -0.4 is 10.9 Å². The molecule has 1 amide bonds. The van der Waals surface area contributed by atoms with Gasteiger partial charge in [0.15, 0.2) is 0 Å². The van der Waals surface area contributed by atoms with Crippen LogP contribution in [0.15, 0.2) is 70.4 Å². The van der Waals surface area contributed by atoms with Gasteiger partial charge in [-0.05, 0) is 30.7 Å². The van der Waals surface area contributed by atoms with E-state index in [2.05, 4.69) is 22.3 Å². The van der Waals surface area contributed by atoms with Crippen LogP contribution in [0.2, 0.25) is 0 Å². The van der Waals surface area contributed by atoms with Crippen molar-refractivity contribution in [1.29, 1.82) is 0 Å². The van der Waals surface area contributed by atoms with Crippen molar-refractivity contribution in [3.05, 3.63) is 87.3 Å². The van der Waals surface area contributed by atoms with Gasteiger partial charge in [-0.25, -0.2) is 4.98 Å². The predicted molar refractivity (Wildman–Crippen MR) is 126 cm³/mol. The molecule has 0 aliphatic heterocycles. The minimum Gasteiger partial charge on any atom is -0.321 e. The first-order valence-corrected chi connectivity index (χ1v) is 11.9. The largest absolute Gasteiger partial charge is 0.321 e. The van der Waals surface area contributed by atoms with E-state index in [9.17, 15) is 9.59 Å². The molecule has 0 spiro atoms. The van der Waals surface area contributed by atoms with Crippen LogP contribution in [0.25, 0.3) is 4.96 Å². The van der Waals surface area contributed by atoms with Gasteiger partial charge in [-0.2, -0.15) is 9.61 Å². The lowest BCUT2D eigenvalue weighted by atomic mass is 10.2. The van der Waals surface area contributed by atoms with Crippen molar-refractivity contribution in [2.45, 2.75) is 36.8 Å². The van der Waals surface area contributed by atoms with Crippen LogP contribution in [0.3, 0.4) is 0 Å². The molecule has 6 nitrogen and oxygen atoms in total. The molecule has 0 aliphatic rings. The van der Waals surface area contributed by atoms with E-state index in [4.69, 9.17) is 0 Å². The van der Waals surface area contributed by atoms with Gasteiger partial charge in [0.25, 0.3) is 11.5 Å². The lowest BCUT2D eigenvalue weighted by Crippen LogP contribution is -2.15. The number of hydrogen-bond acceptors (Lipinski definition) is 6. The van der Waals surface area contributed by atoms with Crippen LogP contribution in [0.5, 0.6) is 0 Å². The Kier molecular flexibility index (Phi) is 6.79. The average molecular weight is 451 g/mol. The van der Waals surface area contributed by atoms with E-state index in [0.29, 0.717) is 22.0 Å². The van der Waals surface area contributed by atoms with Crippen LogP contribution in [0.1, 0.15) is 40.8 Å². The molecular formula is C23H22N4O2S2. The Bertz CT molecular complexity index is 1250. The van der Waals surface area contributed by atoms with Crippen LogP contribution in [0.4, 0.5) is 5.69 Å². The molecule has 0 fully saturated rings. The third kappa shape index (κ3) is 5.21. The second-order valence-corrected chi connectivity index (χ2v) is 9.04. The highest BCUT2D eigenvalue weighted by molar-refractivity contribution is 7.98. The number of carbonyl (C=O) groups excluding carboxylic acids is 1. The maximum Gasteiger partial charge on any atom is 0.275 e. The number of aryl methyl sites for hydroxylation is 1. The maximum atomic E-state index is 12.5. The highest BCUT2D eigenvalue weighted by atomic mass is 32.2. The summed E-state index contributed by atoms with van der Waals surface area (Å²) in [7, 11) is 0. The summed E-state index contributed by atoms with van der Waals surface area (Å²) >= 11 is 3.01. The smallest absolute Gasteiger partial charge is 0.275 e. The molecule has 4 aromatic rings. The Morgan fingerprint density at radius 2 is 1.90 bits per heavy atom. The van der Waals surface area contributed by atoms with E-state index in [0.717, 1.165) is 34.9 Å². The van der Waals surface area contributed by atoms with Crippen LogP contribution in [-0.4, -0.2) is 20.5 Å². The number of benzene rings is 2. The van der Waals surface area contributed by atoms with Crippen molar-refractivity contribution in [2.24, 2.45) is 0 Å². The molecule has 2 heterocycles. The van der Waals surface area contributed by atoms with Gasteiger partial charge in [-0.15, -0.1) is 11.8 Å². The average Bonchev–Trinajstić information content (AvgIpc) is 3.21. The number of carbonyl (C=O) groups is 1. The fourth-order valence-electron chi connectivity index (χ4n) is 3.03. The molecule has 0 atom stereocenters. The van der Waals surface area contributed by atoms with E-state index < -0.39 is 0 Å². The van der Waals surface area contributed by atoms with Crippen molar-refractivity contribution in [2.75, 3.05) is 5.32 Å². The SMILES string of the molecule is CCCCc1nn2c(=O)cc(CSc3ccccc3NC(=O)c3ccccc3)nc2s1. The van der Waals surface area contributed by atoms with Gasteiger partial charge in [0.1, 0.15) is 5.01 Å².